The summed E-state index contributed by atoms with van der Waals surface area (Å²) in [7, 11) is 2.77. The summed E-state index contributed by atoms with van der Waals surface area (Å²) >= 11 is 0. The second-order valence-electron chi connectivity index (χ2n) is 5.07. The lowest BCUT2D eigenvalue weighted by Crippen LogP contribution is -2.37. The van der Waals surface area contributed by atoms with Gasteiger partial charge in [0.15, 0.2) is 0 Å². The van der Waals surface area contributed by atoms with Gasteiger partial charge in [0.1, 0.15) is 0 Å². The van der Waals surface area contributed by atoms with Gasteiger partial charge in [0, 0.05) is 0 Å². The van der Waals surface area contributed by atoms with Gasteiger partial charge in [0.05, 0.1) is 11.4 Å². The summed E-state index contributed by atoms with van der Waals surface area (Å²) in [6.45, 7) is 8.87. The fraction of sp³-hybridized carbons (Fsp3) is 1.00. The smallest absolute Gasteiger partial charge is 0.0761 e. The monoisotopic (exact) mass is 202 g/mol. The molecule has 78 valence electrons. The summed E-state index contributed by atoms with van der Waals surface area (Å²) < 4.78 is 6.07. The Morgan fingerprint density at radius 1 is 1.15 bits per heavy atom. The molecule has 2 heteroatoms. The van der Waals surface area contributed by atoms with Gasteiger partial charge in [-0.05, 0) is 38.5 Å². The fourth-order valence-electron chi connectivity index (χ4n) is 2.23. The molecule has 1 rings (SSSR count). The van der Waals surface area contributed by atoms with Crippen molar-refractivity contribution in [3.05, 3.63) is 0 Å². The second kappa shape index (κ2) is 4.28. The molecule has 0 heterocycles. The van der Waals surface area contributed by atoms with E-state index in [4.69, 9.17) is 4.74 Å². The minimum atomic E-state index is -0.0650. The predicted molar refractivity (Wildman–Crippen MR) is 60.8 cm³/mol. The highest BCUT2D eigenvalue weighted by molar-refractivity contribution is 7.18. The molecule has 3 unspecified atom stereocenters. The summed E-state index contributed by atoms with van der Waals surface area (Å²) in [5.74, 6) is 1.45. The van der Waals surface area contributed by atoms with Gasteiger partial charge in [-0.25, -0.2) is 0 Å². The minimum Gasteiger partial charge on any atom is -0.368 e. The van der Waals surface area contributed by atoms with Gasteiger partial charge in [-0.2, -0.15) is 0 Å². The molecule has 13 heavy (non-hydrogen) atoms. The first kappa shape index (κ1) is 11.5. The van der Waals surface area contributed by atoms with Crippen LogP contribution in [0.5, 0.6) is 0 Å². The maximum absolute atomic E-state index is 6.07. The van der Waals surface area contributed by atoms with Crippen molar-refractivity contribution in [2.75, 3.05) is 0 Å². The predicted octanol–water partition coefficient (Wildman–Crippen LogP) is 3.44. The number of hydrogen-bond donors (Lipinski definition) is 0. The Hall–Kier alpha value is 0.390. The highest BCUT2D eigenvalue weighted by atomic mass is 31.0. The summed E-state index contributed by atoms with van der Waals surface area (Å²) in [6.07, 6.45) is 4.49. The first-order chi connectivity index (χ1) is 5.90. The summed E-state index contributed by atoms with van der Waals surface area (Å²) in [5.41, 5.74) is 0. The molecule has 0 aromatic rings. The molecule has 0 aromatic carbocycles. The van der Waals surface area contributed by atoms with Crippen molar-refractivity contribution in [2.45, 2.75) is 58.4 Å². The maximum atomic E-state index is 6.07. The third-order valence-corrected chi connectivity index (χ3v) is 3.02. The van der Waals surface area contributed by atoms with Crippen LogP contribution in [0.4, 0.5) is 0 Å². The first-order valence-corrected chi connectivity index (χ1v) is 5.94. The average Bonchev–Trinajstić information content (AvgIpc) is 1.95. The van der Waals surface area contributed by atoms with Crippen LogP contribution in [0.1, 0.15) is 47.0 Å². The Labute approximate surface area is 84.8 Å². The molecule has 3 atom stereocenters. The lowest BCUT2D eigenvalue weighted by molar-refractivity contribution is -0.0843. The molecule has 1 nitrogen and oxygen atoms in total. The second-order valence-corrected chi connectivity index (χ2v) is 6.46. The van der Waals surface area contributed by atoms with E-state index in [9.17, 15) is 0 Å². The summed E-state index contributed by atoms with van der Waals surface area (Å²) in [5, 5.41) is -0.0650. The topological polar surface area (TPSA) is 9.23 Å². The number of hydrogen-bond acceptors (Lipinski definition) is 1. The highest BCUT2D eigenvalue weighted by Gasteiger charge is 2.31. The van der Waals surface area contributed by atoms with E-state index in [2.05, 4.69) is 36.9 Å². The van der Waals surface area contributed by atoms with E-state index in [1.165, 1.54) is 19.3 Å². The van der Waals surface area contributed by atoms with Crippen molar-refractivity contribution in [2.24, 2.45) is 11.8 Å². The van der Waals surface area contributed by atoms with Gasteiger partial charge in [0.25, 0.3) is 0 Å². The molecule has 0 aliphatic heterocycles. The van der Waals surface area contributed by atoms with Crippen LogP contribution in [-0.4, -0.2) is 11.4 Å². The lowest BCUT2D eigenvalue weighted by Gasteiger charge is -2.38. The average molecular weight is 202 g/mol. The zero-order valence-corrected chi connectivity index (χ0v) is 10.5. The first-order valence-electron chi connectivity index (χ1n) is 5.37. The van der Waals surface area contributed by atoms with Crippen molar-refractivity contribution in [3.63, 3.8) is 0 Å². The van der Waals surface area contributed by atoms with E-state index in [1.807, 2.05) is 0 Å². The molecule has 0 bridgehead atoms. The quantitative estimate of drug-likeness (QED) is 0.623. The van der Waals surface area contributed by atoms with E-state index in [1.54, 1.807) is 0 Å². The van der Waals surface area contributed by atoms with Crippen LogP contribution in [-0.2, 0) is 4.74 Å². The van der Waals surface area contributed by atoms with Crippen molar-refractivity contribution < 1.29 is 4.74 Å². The van der Waals surface area contributed by atoms with Crippen LogP contribution in [0.25, 0.3) is 0 Å². The van der Waals surface area contributed by atoms with Crippen LogP contribution < -0.4 is 0 Å². The highest BCUT2D eigenvalue weighted by Crippen LogP contribution is 2.35. The zero-order valence-electron chi connectivity index (χ0n) is 9.34. The van der Waals surface area contributed by atoms with Gasteiger partial charge >= 0.3 is 0 Å². The van der Waals surface area contributed by atoms with Crippen LogP contribution in [0.15, 0.2) is 0 Å². The third-order valence-electron chi connectivity index (χ3n) is 2.88. The summed E-state index contributed by atoms with van der Waals surface area (Å²) in [4.78, 5) is 0. The molecule has 1 aliphatic rings. The number of rotatable bonds is 2. The van der Waals surface area contributed by atoms with Gasteiger partial charge < -0.3 is 4.74 Å². The minimum absolute atomic E-state index is 0.0650. The SMILES string of the molecule is CC1CCCC(C)C1OC(C)(C)P. The molecule has 0 aromatic heterocycles. The van der Waals surface area contributed by atoms with Crippen molar-refractivity contribution in [1.82, 2.24) is 0 Å². The van der Waals surface area contributed by atoms with E-state index in [-0.39, 0.29) is 5.34 Å². The molecule has 1 saturated carbocycles. The molecule has 0 radical (unpaired) electrons. The van der Waals surface area contributed by atoms with Crippen molar-refractivity contribution in [3.8, 4) is 0 Å². The molecular weight excluding hydrogens is 179 g/mol. The van der Waals surface area contributed by atoms with Crippen LogP contribution >= 0.6 is 9.24 Å². The van der Waals surface area contributed by atoms with Gasteiger partial charge in [-0.1, -0.05) is 20.3 Å². The standard InChI is InChI=1S/C11H23OP/c1-8-6-5-7-9(2)10(8)12-11(3,4)13/h8-10H,5-7,13H2,1-4H3. The zero-order chi connectivity index (χ0) is 10.1. The molecule has 0 spiro atoms. The Kier molecular flexibility index (Phi) is 3.77. The Balaban J connectivity index is 2.54. The van der Waals surface area contributed by atoms with Crippen LogP contribution in [0.3, 0.4) is 0 Å². The third kappa shape index (κ3) is 3.56. The Bertz CT molecular complexity index is 152. The Morgan fingerprint density at radius 2 is 1.62 bits per heavy atom. The van der Waals surface area contributed by atoms with Crippen molar-refractivity contribution in [1.29, 1.82) is 0 Å². The summed E-state index contributed by atoms with van der Waals surface area (Å²) in [6, 6.07) is 0. The molecular formula is C11H23OP. The normalized spacial score (nSPS) is 36.2. The molecule has 1 aliphatic carbocycles. The van der Waals surface area contributed by atoms with E-state index in [0.717, 1.165) is 11.8 Å². The van der Waals surface area contributed by atoms with Gasteiger partial charge in [-0.15, -0.1) is 9.24 Å². The Morgan fingerprint density at radius 3 is 2.00 bits per heavy atom. The maximum Gasteiger partial charge on any atom is 0.0761 e. The molecule has 0 saturated heterocycles. The number of ether oxygens (including phenoxy) is 1. The van der Waals surface area contributed by atoms with E-state index < -0.39 is 0 Å². The van der Waals surface area contributed by atoms with E-state index >= 15 is 0 Å². The van der Waals surface area contributed by atoms with E-state index in [0.29, 0.717) is 6.10 Å². The molecule has 0 N–H and O–H groups in total. The largest absolute Gasteiger partial charge is 0.368 e. The van der Waals surface area contributed by atoms with Crippen LogP contribution in [0, 0.1) is 11.8 Å². The lowest BCUT2D eigenvalue weighted by atomic mass is 9.80. The van der Waals surface area contributed by atoms with Gasteiger partial charge in [0.2, 0.25) is 0 Å². The van der Waals surface area contributed by atoms with Crippen molar-refractivity contribution >= 4 is 9.24 Å². The fourth-order valence-corrected chi connectivity index (χ4v) is 2.39. The van der Waals surface area contributed by atoms with Gasteiger partial charge in [-0.3, -0.25) is 0 Å². The molecule has 1 fully saturated rings. The molecule has 0 amide bonds. The van der Waals surface area contributed by atoms with Crippen LogP contribution in [0.2, 0.25) is 0 Å².